The first-order valence-corrected chi connectivity index (χ1v) is 9.09. The van der Waals surface area contributed by atoms with Crippen molar-refractivity contribution in [1.29, 1.82) is 0 Å². The summed E-state index contributed by atoms with van der Waals surface area (Å²) in [5, 5.41) is 7.06. The fourth-order valence-corrected chi connectivity index (χ4v) is 3.61. The highest BCUT2D eigenvalue weighted by Gasteiger charge is 2.28. The number of rotatable bonds is 3. The first-order chi connectivity index (χ1) is 12.7. The number of nitrogens with zero attached hydrogens (tertiary/aromatic N) is 4. The molecular formula is C18H23N5O3. The molecule has 2 aromatic rings. The van der Waals surface area contributed by atoms with Crippen LogP contribution in [0.25, 0.3) is 11.4 Å². The summed E-state index contributed by atoms with van der Waals surface area (Å²) in [6.45, 7) is 7.07. The molecule has 0 aliphatic carbocycles. The molecule has 1 N–H and O–H groups in total. The molecule has 1 unspecified atom stereocenters. The number of fused-ring (bicyclic) bond motifs is 1. The third-order valence-electron chi connectivity index (χ3n) is 5.02. The third-order valence-corrected chi connectivity index (χ3v) is 5.02. The van der Waals surface area contributed by atoms with Gasteiger partial charge in [-0.05, 0) is 37.8 Å². The Balaban J connectivity index is 1.64. The predicted octanol–water partition coefficient (Wildman–Crippen LogP) is 2.03. The Bertz CT molecular complexity index is 813. The number of urea groups is 1. The van der Waals surface area contributed by atoms with Crippen LogP contribution in [0, 0.1) is 6.92 Å². The van der Waals surface area contributed by atoms with Crippen LogP contribution in [0.5, 0.6) is 0 Å². The van der Waals surface area contributed by atoms with E-state index >= 15 is 0 Å². The van der Waals surface area contributed by atoms with Crippen molar-refractivity contribution < 1.29 is 14.1 Å². The van der Waals surface area contributed by atoms with Gasteiger partial charge in [-0.15, -0.1) is 0 Å². The molecule has 138 valence electrons. The van der Waals surface area contributed by atoms with Crippen LogP contribution < -0.4 is 5.32 Å². The number of carbonyl (C=O) groups is 1. The van der Waals surface area contributed by atoms with Crippen LogP contribution in [-0.2, 0) is 17.7 Å². The minimum atomic E-state index is -0.0386. The van der Waals surface area contributed by atoms with Gasteiger partial charge in [0.05, 0.1) is 12.5 Å². The number of aromatic nitrogens is 3. The van der Waals surface area contributed by atoms with Gasteiger partial charge in [0.25, 0.3) is 0 Å². The van der Waals surface area contributed by atoms with E-state index in [1.54, 1.807) is 0 Å². The highest BCUT2D eigenvalue weighted by atomic mass is 16.5. The molecule has 2 aliphatic heterocycles. The monoisotopic (exact) mass is 357 g/mol. The molecule has 0 spiro atoms. The van der Waals surface area contributed by atoms with Crippen molar-refractivity contribution in [3.05, 3.63) is 28.9 Å². The average molecular weight is 357 g/mol. The minimum Gasteiger partial charge on any atom is -0.381 e. The van der Waals surface area contributed by atoms with Crippen molar-refractivity contribution in [2.75, 3.05) is 26.3 Å². The Kier molecular flexibility index (Phi) is 4.58. The molecular weight excluding hydrogens is 334 g/mol. The highest BCUT2D eigenvalue weighted by molar-refractivity contribution is 5.75. The smallest absolute Gasteiger partial charge is 0.317 e. The van der Waals surface area contributed by atoms with Crippen molar-refractivity contribution >= 4 is 6.03 Å². The summed E-state index contributed by atoms with van der Waals surface area (Å²) in [6, 6.07) is -0.0386. The molecule has 4 rings (SSSR count). The molecule has 1 fully saturated rings. The lowest BCUT2D eigenvalue weighted by atomic mass is 9.94. The van der Waals surface area contributed by atoms with Gasteiger partial charge in [0.2, 0.25) is 11.7 Å². The molecule has 1 saturated heterocycles. The minimum absolute atomic E-state index is 0.0386. The predicted molar refractivity (Wildman–Crippen MR) is 93.6 cm³/mol. The molecule has 2 aromatic heterocycles. The topological polar surface area (TPSA) is 93.4 Å². The summed E-state index contributed by atoms with van der Waals surface area (Å²) in [7, 11) is 0. The zero-order chi connectivity index (χ0) is 18.1. The summed E-state index contributed by atoms with van der Waals surface area (Å²) in [5.41, 5.74) is 4.02. The normalized spacial score (nSPS) is 19.5. The van der Waals surface area contributed by atoms with E-state index in [0.717, 1.165) is 41.8 Å². The van der Waals surface area contributed by atoms with E-state index in [-0.39, 0.29) is 11.9 Å². The molecule has 4 heterocycles. The molecule has 26 heavy (non-hydrogen) atoms. The standard InChI is InChI=1S/C18H23N5O3/c1-3-19-18(24)23-6-4-14-13(9-23)8-20-11(2)15(14)16-21-17(26-22-16)12-5-7-25-10-12/h8,12H,3-7,9-10H2,1-2H3,(H,19,24). The zero-order valence-corrected chi connectivity index (χ0v) is 15.1. The van der Waals surface area contributed by atoms with Crippen molar-refractivity contribution in [3.8, 4) is 11.4 Å². The fraction of sp³-hybridized carbons (Fsp3) is 0.556. The first kappa shape index (κ1) is 17.0. The van der Waals surface area contributed by atoms with Crippen LogP contribution in [0.1, 0.15) is 42.0 Å². The number of hydrogen-bond acceptors (Lipinski definition) is 6. The van der Waals surface area contributed by atoms with Crippen molar-refractivity contribution in [2.24, 2.45) is 0 Å². The van der Waals surface area contributed by atoms with E-state index < -0.39 is 0 Å². The van der Waals surface area contributed by atoms with E-state index in [1.165, 1.54) is 0 Å². The zero-order valence-electron chi connectivity index (χ0n) is 15.1. The largest absolute Gasteiger partial charge is 0.381 e. The number of hydrogen-bond donors (Lipinski definition) is 1. The van der Waals surface area contributed by atoms with Crippen molar-refractivity contribution in [1.82, 2.24) is 25.3 Å². The maximum Gasteiger partial charge on any atom is 0.317 e. The van der Waals surface area contributed by atoms with Crippen LogP contribution in [0.4, 0.5) is 4.79 Å². The van der Waals surface area contributed by atoms with Gasteiger partial charge >= 0.3 is 6.03 Å². The molecule has 2 aliphatic rings. The van der Waals surface area contributed by atoms with E-state index in [2.05, 4.69) is 20.4 Å². The maximum atomic E-state index is 12.1. The molecule has 0 radical (unpaired) electrons. The van der Waals surface area contributed by atoms with Crippen LogP contribution in [0.2, 0.25) is 0 Å². The SMILES string of the molecule is CCNC(=O)N1CCc2c(cnc(C)c2-c2noc(C3CCOC3)n2)C1. The number of ether oxygens (including phenoxy) is 1. The number of aryl methyl sites for hydroxylation is 1. The van der Waals surface area contributed by atoms with Gasteiger partial charge in [0, 0.05) is 43.7 Å². The summed E-state index contributed by atoms with van der Waals surface area (Å²) in [4.78, 5) is 23.1. The second-order valence-corrected chi connectivity index (χ2v) is 6.75. The van der Waals surface area contributed by atoms with Gasteiger partial charge in [-0.25, -0.2) is 4.79 Å². The number of amides is 2. The molecule has 0 aromatic carbocycles. The van der Waals surface area contributed by atoms with E-state index in [0.29, 0.717) is 38.0 Å². The van der Waals surface area contributed by atoms with Gasteiger partial charge in [0.15, 0.2) is 0 Å². The van der Waals surface area contributed by atoms with Crippen LogP contribution in [0.3, 0.4) is 0 Å². The Morgan fingerprint density at radius 3 is 3.12 bits per heavy atom. The number of pyridine rings is 1. The average Bonchev–Trinajstić information content (AvgIpc) is 3.33. The first-order valence-electron chi connectivity index (χ1n) is 9.09. The van der Waals surface area contributed by atoms with Crippen LogP contribution in [-0.4, -0.2) is 52.4 Å². The Morgan fingerprint density at radius 2 is 2.35 bits per heavy atom. The molecule has 0 saturated carbocycles. The third kappa shape index (κ3) is 3.05. The maximum absolute atomic E-state index is 12.1. The van der Waals surface area contributed by atoms with E-state index in [4.69, 9.17) is 9.26 Å². The molecule has 8 nitrogen and oxygen atoms in total. The van der Waals surface area contributed by atoms with E-state index in [1.807, 2.05) is 24.9 Å². The quantitative estimate of drug-likeness (QED) is 0.903. The summed E-state index contributed by atoms with van der Waals surface area (Å²) in [5.74, 6) is 1.40. The van der Waals surface area contributed by atoms with Crippen molar-refractivity contribution in [3.63, 3.8) is 0 Å². The summed E-state index contributed by atoms with van der Waals surface area (Å²) >= 11 is 0. The lowest BCUT2D eigenvalue weighted by Gasteiger charge is -2.29. The number of nitrogens with one attached hydrogen (secondary N) is 1. The second kappa shape index (κ2) is 7.03. The van der Waals surface area contributed by atoms with Gasteiger partial charge < -0.3 is 19.5 Å². The fourth-order valence-electron chi connectivity index (χ4n) is 3.61. The van der Waals surface area contributed by atoms with Crippen LogP contribution >= 0.6 is 0 Å². The molecule has 0 bridgehead atoms. The van der Waals surface area contributed by atoms with Gasteiger partial charge in [-0.1, -0.05) is 5.16 Å². The van der Waals surface area contributed by atoms with E-state index in [9.17, 15) is 4.79 Å². The molecule has 8 heteroatoms. The molecule has 2 amide bonds. The highest BCUT2D eigenvalue weighted by Crippen LogP contribution is 2.32. The summed E-state index contributed by atoms with van der Waals surface area (Å²) < 4.78 is 10.9. The van der Waals surface area contributed by atoms with Crippen LogP contribution in [0.15, 0.2) is 10.7 Å². The Hall–Kier alpha value is -2.48. The second-order valence-electron chi connectivity index (χ2n) is 6.75. The van der Waals surface area contributed by atoms with Gasteiger partial charge in [-0.3, -0.25) is 4.98 Å². The lowest BCUT2D eigenvalue weighted by Crippen LogP contribution is -2.42. The lowest BCUT2D eigenvalue weighted by molar-refractivity contribution is 0.189. The Labute approximate surface area is 151 Å². The van der Waals surface area contributed by atoms with Gasteiger partial charge in [0.1, 0.15) is 0 Å². The number of carbonyl (C=O) groups excluding carboxylic acids is 1. The molecule has 1 atom stereocenters. The Morgan fingerprint density at radius 1 is 1.46 bits per heavy atom. The van der Waals surface area contributed by atoms with Gasteiger partial charge in [-0.2, -0.15) is 4.98 Å². The summed E-state index contributed by atoms with van der Waals surface area (Å²) in [6.07, 6.45) is 3.51. The van der Waals surface area contributed by atoms with Crippen molar-refractivity contribution in [2.45, 2.75) is 39.2 Å².